The normalized spacial score (nSPS) is 17.2. The van der Waals surface area contributed by atoms with Crippen molar-refractivity contribution in [1.82, 2.24) is 9.97 Å². The van der Waals surface area contributed by atoms with Crippen LogP contribution in [0, 0.1) is 0 Å². The topological polar surface area (TPSA) is 25.8 Å². The molecule has 1 aliphatic rings. The Morgan fingerprint density at radius 1 is 1.17 bits per heavy atom. The number of hydrogen-bond donors (Lipinski definition) is 0. The third-order valence-corrected chi connectivity index (χ3v) is 4.76. The molecule has 1 aromatic carbocycles. The van der Waals surface area contributed by atoms with Crippen LogP contribution in [0.25, 0.3) is 0 Å². The third kappa shape index (κ3) is 1.86. The summed E-state index contributed by atoms with van der Waals surface area (Å²) in [4.78, 5) is 8.92. The maximum absolute atomic E-state index is 6.09. The second-order valence-electron chi connectivity index (χ2n) is 4.63. The summed E-state index contributed by atoms with van der Waals surface area (Å²) in [5, 5.41) is 0.488. The maximum atomic E-state index is 6.09. The predicted octanol–water partition coefficient (Wildman–Crippen LogP) is 4.36. The highest BCUT2D eigenvalue weighted by Gasteiger charge is 2.43. The molecule has 0 atom stereocenters. The minimum atomic E-state index is -0.0361. The summed E-state index contributed by atoms with van der Waals surface area (Å²) < 4.78 is 0.746. The Balaban J connectivity index is 2.09. The second kappa shape index (κ2) is 4.63. The first kappa shape index (κ1) is 12.1. The molecule has 18 heavy (non-hydrogen) atoms. The van der Waals surface area contributed by atoms with Crippen LogP contribution in [0.15, 0.2) is 41.0 Å². The smallest absolute Gasteiger partial charge is 0.146 e. The van der Waals surface area contributed by atoms with Gasteiger partial charge in [0.1, 0.15) is 11.0 Å². The van der Waals surface area contributed by atoms with E-state index in [1.165, 1.54) is 12.0 Å². The van der Waals surface area contributed by atoms with Gasteiger partial charge in [-0.15, -0.1) is 0 Å². The highest BCUT2D eigenvalue weighted by molar-refractivity contribution is 9.10. The largest absolute Gasteiger partial charge is 0.239 e. The van der Waals surface area contributed by atoms with Gasteiger partial charge < -0.3 is 0 Å². The Morgan fingerprint density at radius 2 is 1.89 bits per heavy atom. The number of aromatic nitrogens is 2. The molecule has 1 aromatic heterocycles. The minimum absolute atomic E-state index is 0.0361. The Bertz CT molecular complexity index is 567. The van der Waals surface area contributed by atoms with E-state index < -0.39 is 0 Å². The van der Waals surface area contributed by atoms with E-state index in [2.05, 4.69) is 50.2 Å². The van der Waals surface area contributed by atoms with Crippen LogP contribution in [0.5, 0.6) is 0 Å². The maximum Gasteiger partial charge on any atom is 0.146 e. The first-order valence-corrected chi connectivity index (χ1v) is 7.13. The quantitative estimate of drug-likeness (QED) is 0.767. The van der Waals surface area contributed by atoms with Crippen molar-refractivity contribution >= 4 is 27.5 Å². The summed E-state index contributed by atoms with van der Waals surface area (Å²) in [7, 11) is 0. The van der Waals surface area contributed by atoms with Crippen molar-refractivity contribution in [2.75, 3.05) is 0 Å². The van der Waals surface area contributed by atoms with Crippen molar-refractivity contribution in [2.45, 2.75) is 24.7 Å². The highest BCUT2D eigenvalue weighted by atomic mass is 79.9. The molecule has 2 aromatic rings. The van der Waals surface area contributed by atoms with Crippen LogP contribution in [0.2, 0.25) is 5.15 Å². The fraction of sp³-hybridized carbons (Fsp3) is 0.286. The number of nitrogens with zero attached hydrogens (tertiary/aromatic N) is 2. The lowest BCUT2D eigenvalue weighted by molar-refractivity contribution is 0.285. The lowest BCUT2D eigenvalue weighted by Crippen LogP contribution is -2.37. The highest BCUT2D eigenvalue weighted by Crippen LogP contribution is 2.47. The Hall–Kier alpha value is -0.930. The molecule has 0 saturated heterocycles. The van der Waals surface area contributed by atoms with E-state index in [-0.39, 0.29) is 5.41 Å². The standard InChI is InChI=1S/C14H12BrClN2/c15-11-9-17-13(18-12(11)16)14(7-4-8-14)10-5-2-1-3-6-10/h1-3,5-6,9H,4,7-8H2. The van der Waals surface area contributed by atoms with Crippen LogP contribution in [0.4, 0.5) is 0 Å². The zero-order chi connectivity index (χ0) is 12.6. The fourth-order valence-corrected chi connectivity index (χ4v) is 2.83. The van der Waals surface area contributed by atoms with Crippen molar-refractivity contribution in [3.63, 3.8) is 0 Å². The summed E-state index contributed by atoms with van der Waals surface area (Å²) in [6.45, 7) is 0. The molecule has 0 spiro atoms. The number of halogens is 2. The van der Waals surface area contributed by atoms with E-state index in [1.54, 1.807) is 6.20 Å². The van der Waals surface area contributed by atoms with Gasteiger partial charge in [-0.25, -0.2) is 9.97 Å². The molecule has 92 valence electrons. The van der Waals surface area contributed by atoms with E-state index >= 15 is 0 Å². The third-order valence-electron chi connectivity index (χ3n) is 3.66. The molecule has 1 heterocycles. The molecule has 1 saturated carbocycles. The lowest BCUT2D eigenvalue weighted by Gasteiger charge is -2.41. The Labute approximate surface area is 120 Å². The van der Waals surface area contributed by atoms with Crippen LogP contribution in [-0.2, 0) is 5.41 Å². The van der Waals surface area contributed by atoms with Gasteiger partial charge in [0, 0.05) is 6.20 Å². The van der Waals surface area contributed by atoms with Crippen molar-refractivity contribution < 1.29 is 0 Å². The van der Waals surface area contributed by atoms with Gasteiger partial charge in [-0.05, 0) is 34.3 Å². The molecule has 0 unspecified atom stereocenters. The summed E-state index contributed by atoms with van der Waals surface area (Å²) in [5.41, 5.74) is 1.25. The first-order chi connectivity index (χ1) is 8.72. The summed E-state index contributed by atoms with van der Waals surface area (Å²) in [5.74, 6) is 0.841. The second-order valence-corrected chi connectivity index (χ2v) is 5.85. The van der Waals surface area contributed by atoms with E-state index in [9.17, 15) is 0 Å². The monoisotopic (exact) mass is 322 g/mol. The van der Waals surface area contributed by atoms with Gasteiger partial charge in [0.05, 0.1) is 9.89 Å². The van der Waals surface area contributed by atoms with Gasteiger partial charge in [0.15, 0.2) is 0 Å². The van der Waals surface area contributed by atoms with Gasteiger partial charge >= 0.3 is 0 Å². The van der Waals surface area contributed by atoms with Crippen molar-refractivity contribution in [3.8, 4) is 0 Å². The molecule has 0 bridgehead atoms. The predicted molar refractivity (Wildman–Crippen MR) is 75.8 cm³/mol. The summed E-state index contributed by atoms with van der Waals surface area (Å²) in [6.07, 6.45) is 5.14. The first-order valence-electron chi connectivity index (χ1n) is 5.96. The summed E-state index contributed by atoms with van der Waals surface area (Å²) in [6, 6.07) is 10.5. The van der Waals surface area contributed by atoms with Crippen LogP contribution in [0.1, 0.15) is 30.7 Å². The molecular weight excluding hydrogens is 312 g/mol. The Morgan fingerprint density at radius 3 is 2.44 bits per heavy atom. The van der Waals surface area contributed by atoms with Crippen LogP contribution >= 0.6 is 27.5 Å². The fourth-order valence-electron chi connectivity index (χ4n) is 2.51. The van der Waals surface area contributed by atoms with E-state index in [0.717, 1.165) is 23.1 Å². The molecule has 1 aliphatic carbocycles. The minimum Gasteiger partial charge on any atom is -0.239 e. The SMILES string of the molecule is Clc1nc(C2(c3ccccc3)CCC2)ncc1Br. The molecule has 1 fully saturated rings. The summed E-state index contributed by atoms with van der Waals surface area (Å²) >= 11 is 9.43. The molecule has 4 heteroatoms. The molecule has 0 amide bonds. The lowest BCUT2D eigenvalue weighted by atomic mass is 9.64. The average molecular weight is 324 g/mol. The van der Waals surface area contributed by atoms with Crippen LogP contribution in [0.3, 0.4) is 0 Å². The molecule has 2 nitrogen and oxygen atoms in total. The van der Waals surface area contributed by atoms with Crippen molar-refractivity contribution in [3.05, 3.63) is 57.5 Å². The molecule has 0 radical (unpaired) electrons. The van der Waals surface area contributed by atoms with Gasteiger partial charge in [0.25, 0.3) is 0 Å². The average Bonchev–Trinajstić information content (AvgIpc) is 2.34. The van der Waals surface area contributed by atoms with Gasteiger partial charge in [-0.1, -0.05) is 48.4 Å². The van der Waals surface area contributed by atoms with Crippen molar-refractivity contribution in [2.24, 2.45) is 0 Å². The van der Waals surface area contributed by atoms with E-state index in [4.69, 9.17) is 11.6 Å². The Kier molecular flexibility index (Phi) is 3.12. The van der Waals surface area contributed by atoms with Gasteiger partial charge in [0.2, 0.25) is 0 Å². The van der Waals surface area contributed by atoms with Crippen molar-refractivity contribution in [1.29, 1.82) is 0 Å². The van der Waals surface area contributed by atoms with E-state index in [0.29, 0.717) is 5.15 Å². The number of hydrogen-bond acceptors (Lipinski definition) is 2. The van der Waals surface area contributed by atoms with Crippen LogP contribution < -0.4 is 0 Å². The molecule has 3 rings (SSSR count). The number of rotatable bonds is 2. The van der Waals surface area contributed by atoms with Gasteiger partial charge in [-0.3, -0.25) is 0 Å². The zero-order valence-electron chi connectivity index (χ0n) is 9.74. The molecule has 0 aliphatic heterocycles. The molecule has 0 N–H and O–H groups in total. The van der Waals surface area contributed by atoms with Gasteiger partial charge in [-0.2, -0.15) is 0 Å². The van der Waals surface area contributed by atoms with E-state index in [1.807, 2.05) is 6.07 Å². The zero-order valence-corrected chi connectivity index (χ0v) is 12.1. The molecular formula is C14H12BrClN2. The number of benzene rings is 1. The van der Waals surface area contributed by atoms with Crippen LogP contribution in [-0.4, -0.2) is 9.97 Å².